The first-order chi connectivity index (χ1) is 12.1. The van der Waals surface area contributed by atoms with E-state index in [1.165, 1.54) is 11.8 Å². The Balaban J connectivity index is 0.00000243. The largest absolute Gasteiger partial charge is 0.338 e. The summed E-state index contributed by atoms with van der Waals surface area (Å²) in [7, 11) is 0. The zero-order valence-electron chi connectivity index (χ0n) is 14.3. The summed E-state index contributed by atoms with van der Waals surface area (Å²) in [5.74, 6) is -0.145. The van der Waals surface area contributed by atoms with Gasteiger partial charge >= 0.3 is 0 Å². The Labute approximate surface area is 183 Å². The van der Waals surface area contributed by atoms with Gasteiger partial charge in [-0.2, -0.15) is 0 Å². The van der Waals surface area contributed by atoms with Crippen LogP contribution in [0, 0.1) is 0 Å². The lowest BCUT2D eigenvalue weighted by Gasteiger charge is -2.26. The third-order valence-electron chi connectivity index (χ3n) is 3.87. The summed E-state index contributed by atoms with van der Waals surface area (Å²) in [6, 6.07) is 17.0. The van der Waals surface area contributed by atoms with Gasteiger partial charge in [0.05, 0.1) is 5.57 Å². The molecule has 0 saturated heterocycles. The Kier molecular flexibility index (Phi) is 7.72. The topological polar surface area (TPSA) is 53.5 Å². The Hall–Kier alpha value is -1.32. The summed E-state index contributed by atoms with van der Waals surface area (Å²) in [5, 5.41) is 6.99. The molecule has 136 valence electrons. The zero-order valence-corrected chi connectivity index (χ0v) is 19.1. The molecular weight excluding hydrogens is 525 g/mol. The van der Waals surface area contributed by atoms with Crippen molar-refractivity contribution in [1.82, 2.24) is 5.32 Å². The molecule has 0 aromatic heterocycles. The van der Waals surface area contributed by atoms with Gasteiger partial charge in [-0.25, -0.2) is 4.99 Å². The number of aliphatic imine (C=N–C) groups is 1. The third-order valence-corrected chi connectivity index (χ3v) is 5.00. The molecule has 7 heteroatoms. The number of halogens is 2. The first-order valence-corrected chi connectivity index (χ1v) is 9.81. The summed E-state index contributed by atoms with van der Waals surface area (Å²) in [6.45, 7) is 1.91. The van der Waals surface area contributed by atoms with E-state index in [4.69, 9.17) is 4.99 Å². The minimum Gasteiger partial charge on any atom is -0.338 e. The molecule has 1 unspecified atom stereocenters. The van der Waals surface area contributed by atoms with Crippen molar-refractivity contribution in [3.05, 3.63) is 75.9 Å². The number of amides is 1. The molecule has 0 fully saturated rings. The van der Waals surface area contributed by atoms with Crippen molar-refractivity contribution in [1.29, 1.82) is 0 Å². The number of nitrogens with one attached hydrogen (secondary N) is 2. The zero-order chi connectivity index (χ0) is 17.8. The maximum atomic E-state index is 12.9. The Morgan fingerprint density at radius 2 is 1.81 bits per heavy atom. The van der Waals surface area contributed by atoms with E-state index in [1.807, 2.05) is 67.8 Å². The lowest BCUT2D eigenvalue weighted by molar-refractivity contribution is -0.113. The molecule has 2 aromatic rings. The van der Waals surface area contributed by atoms with Crippen molar-refractivity contribution in [2.75, 3.05) is 11.6 Å². The molecule has 4 nitrogen and oxygen atoms in total. The molecule has 0 spiro atoms. The van der Waals surface area contributed by atoms with Gasteiger partial charge in [0.2, 0.25) is 0 Å². The fourth-order valence-electron chi connectivity index (χ4n) is 2.65. The second kappa shape index (κ2) is 9.57. The molecule has 1 heterocycles. The van der Waals surface area contributed by atoms with Crippen LogP contribution in [0.5, 0.6) is 0 Å². The van der Waals surface area contributed by atoms with E-state index in [9.17, 15) is 4.79 Å². The number of carbonyl (C=O) groups is 1. The van der Waals surface area contributed by atoms with Crippen LogP contribution in [0.4, 0.5) is 5.69 Å². The third kappa shape index (κ3) is 4.89. The van der Waals surface area contributed by atoms with Gasteiger partial charge in [-0.1, -0.05) is 58.0 Å². The summed E-state index contributed by atoms with van der Waals surface area (Å²) >= 11 is 4.98. The summed E-state index contributed by atoms with van der Waals surface area (Å²) in [6.07, 6.45) is 1.97. The number of nitrogens with zero attached hydrogens (tertiary/aromatic N) is 1. The van der Waals surface area contributed by atoms with E-state index in [-0.39, 0.29) is 35.9 Å². The van der Waals surface area contributed by atoms with Gasteiger partial charge in [-0.05, 0) is 43.0 Å². The second-order valence-electron chi connectivity index (χ2n) is 5.58. The van der Waals surface area contributed by atoms with Crippen LogP contribution >= 0.6 is 51.7 Å². The standard InChI is InChI=1S/C19H18BrN3OS.HI/c1-12-16(18(24)22-15-6-4-3-5-7-15)17(23-19(21-12)25-2)13-8-10-14(20)11-9-13;/h3-11,17H,1-2H3,(H,21,23)(H,22,24);1H. The fraction of sp³-hybridized carbons (Fsp3) is 0.158. The van der Waals surface area contributed by atoms with Crippen molar-refractivity contribution in [2.45, 2.75) is 13.0 Å². The second-order valence-corrected chi connectivity index (χ2v) is 7.29. The van der Waals surface area contributed by atoms with Crippen LogP contribution in [0.15, 0.2) is 75.3 Å². The highest BCUT2D eigenvalue weighted by Gasteiger charge is 2.29. The number of para-hydroxylation sites is 1. The first kappa shape index (κ1) is 21.0. The lowest BCUT2D eigenvalue weighted by atomic mass is 9.96. The molecular formula is C19H19BrIN3OS. The van der Waals surface area contributed by atoms with Crippen LogP contribution in [0.2, 0.25) is 0 Å². The SMILES string of the molecule is CSC1=NC(c2ccc(Br)cc2)C(C(=O)Nc2ccccc2)=C(C)N1.I. The van der Waals surface area contributed by atoms with E-state index >= 15 is 0 Å². The van der Waals surface area contributed by atoms with Crippen LogP contribution in [0.3, 0.4) is 0 Å². The van der Waals surface area contributed by atoms with Gasteiger partial charge in [0.1, 0.15) is 6.04 Å². The fourth-order valence-corrected chi connectivity index (χ4v) is 3.38. The van der Waals surface area contributed by atoms with Crippen molar-refractivity contribution in [3.63, 3.8) is 0 Å². The Morgan fingerprint density at radius 1 is 1.15 bits per heavy atom. The smallest absolute Gasteiger partial charge is 0.255 e. The van der Waals surface area contributed by atoms with Crippen LogP contribution in [-0.2, 0) is 4.79 Å². The quantitative estimate of drug-likeness (QED) is 0.513. The normalized spacial score (nSPS) is 16.3. The summed E-state index contributed by atoms with van der Waals surface area (Å²) in [5.41, 5.74) is 3.19. The van der Waals surface area contributed by atoms with Crippen LogP contribution < -0.4 is 10.6 Å². The molecule has 2 N–H and O–H groups in total. The lowest BCUT2D eigenvalue weighted by Crippen LogP contribution is -2.31. The van der Waals surface area contributed by atoms with Crippen molar-refractivity contribution in [2.24, 2.45) is 4.99 Å². The van der Waals surface area contributed by atoms with Gasteiger partial charge < -0.3 is 10.6 Å². The number of hydrogen-bond acceptors (Lipinski definition) is 4. The molecule has 3 rings (SSSR count). The molecule has 1 amide bonds. The van der Waals surface area contributed by atoms with Crippen LogP contribution in [-0.4, -0.2) is 17.3 Å². The highest BCUT2D eigenvalue weighted by molar-refractivity contribution is 14.0. The summed E-state index contributed by atoms with van der Waals surface area (Å²) < 4.78 is 0.996. The number of thioether (sulfide) groups is 1. The van der Waals surface area contributed by atoms with Gasteiger partial charge in [-0.3, -0.25) is 4.79 Å². The molecule has 0 saturated carbocycles. The molecule has 26 heavy (non-hydrogen) atoms. The number of carbonyl (C=O) groups excluding carboxylic acids is 1. The predicted octanol–water partition coefficient (Wildman–Crippen LogP) is 5.34. The van der Waals surface area contributed by atoms with Crippen LogP contribution in [0.25, 0.3) is 0 Å². The first-order valence-electron chi connectivity index (χ1n) is 7.80. The minimum absolute atomic E-state index is 0. The number of anilines is 1. The van der Waals surface area contributed by atoms with E-state index in [0.29, 0.717) is 5.57 Å². The van der Waals surface area contributed by atoms with Gasteiger partial charge in [-0.15, -0.1) is 24.0 Å². The average Bonchev–Trinajstić information content (AvgIpc) is 2.62. The van der Waals surface area contributed by atoms with E-state index in [0.717, 1.165) is 26.6 Å². The van der Waals surface area contributed by atoms with E-state index < -0.39 is 0 Å². The number of allylic oxidation sites excluding steroid dienone is 1. The molecule has 2 aromatic carbocycles. The molecule has 1 aliphatic rings. The average molecular weight is 544 g/mol. The molecule has 0 bridgehead atoms. The summed E-state index contributed by atoms with van der Waals surface area (Å²) in [4.78, 5) is 17.7. The van der Waals surface area contributed by atoms with Gasteiger partial charge in [0.25, 0.3) is 5.91 Å². The van der Waals surface area contributed by atoms with Crippen molar-refractivity contribution in [3.8, 4) is 0 Å². The van der Waals surface area contributed by atoms with Crippen molar-refractivity contribution < 1.29 is 4.79 Å². The Morgan fingerprint density at radius 3 is 2.42 bits per heavy atom. The molecule has 0 radical (unpaired) electrons. The molecule has 1 atom stereocenters. The maximum absolute atomic E-state index is 12.9. The van der Waals surface area contributed by atoms with Gasteiger partial charge in [0.15, 0.2) is 5.17 Å². The minimum atomic E-state index is -0.333. The maximum Gasteiger partial charge on any atom is 0.255 e. The predicted molar refractivity (Wildman–Crippen MR) is 124 cm³/mol. The van der Waals surface area contributed by atoms with E-state index in [1.54, 1.807) is 0 Å². The van der Waals surface area contributed by atoms with E-state index in [2.05, 4.69) is 26.6 Å². The molecule has 1 aliphatic heterocycles. The highest BCUT2D eigenvalue weighted by atomic mass is 127. The van der Waals surface area contributed by atoms with Gasteiger partial charge in [0, 0.05) is 15.9 Å². The number of rotatable bonds is 3. The Bertz CT molecular complexity index is 838. The van der Waals surface area contributed by atoms with Crippen LogP contribution in [0.1, 0.15) is 18.5 Å². The highest BCUT2D eigenvalue weighted by Crippen LogP contribution is 2.33. The van der Waals surface area contributed by atoms with Crippen molar-refractivity contribution >= 4 is 68.4 Å². The number of hydrogen-bond donors (Lipinski definition) is 2. The number of amidine groups is 1. The number of benzene rings is 2. The monoisotopic (exact) mass is 543 g/mol. The molecule has 0 aliphatic carbocycles.